The number of nitrogens with one attached hydrogen (secondary N) is 1. The van der Waals surface area contributed by atoms with Crippen molar-refractivity contribution in [2.45, 2.75) is 26.3 Å². The van der Waals surface area contributed by atoms with Crippen LogP contribution in [0.4, 0.5) is 5.69 Å². The summed E-state index contributed by atoms with van der Waals surface area (Å²) in [4.78, 5) is 12.7. The van der Waals surface area contributed by atoms with E-state index in [-0.39, 0.29) is 18.5 Å². The molecule has 1 amide bonds. The fraction of sp³-hybridized carbons (Fsp3) is 0.240. The Balaban J connectivity index is 1.72. The summed E-state index contributed by atoms with van der Waals surface area (Å²) in [5.41, 5.74) is 2.52. The molecule has 6 nitrogen and oxygen atoms in total. The average Bonchev–Trinajstić information content (AvgIpc) is 2.77. The summed E-state index contributed by atoms with van der Waals surface area (Å²) >= 11 is 0. The number of para-hydroxylation sites is 1. The minimum atomic E-state index is -3.67. The van der Waals surface area contributed by atoms with Crippen molar-refractivity contribution in [3.63, 3.8) is 0 Å². The van der Waals surface area contributed by atoms with Crippen molar-refractivity contribution in [3.8, 4) is 11.5 Å². The molecule has 0 saturated heterocycles. The summed E-state index contributed by atoms with van der Waals surface area (Å²) in [6.45, 7) is 3.67. The zero-order valence-electron chi connectivity index (χ0n) is 18.5. The van der Waals surface area contributed by atoms with Crippen molar-refractivity contribution < 1.29 is 17.9 Å². The lowest BCUT2D eigenvalue weighted by atomic mass is 10.0. The van der Waals surface area contributed by atoms with E-state index in [2.05, 4.69) is 5.32 Å². The minimum Gasteiger partial charge on any atom is -0.457 e. The topological polar surface area (TPSA) is 75.7 Å². The van der Waals surface area contributed by atoms with Crippen LogP contribution < -0.4 is 14.4 Å². The van der Waals surface area contributed by atoms with E-state index >= 15 is 0 Å². The van der Waals surface area contributed by atoms with Crippen LogP contribution >= 0.6 is 0 Å². The highest BCUT2D eigenvalue weighted by Crippen LogP contribution is 2.25. The number of aryl methyl sites for hydroxylation is 1. The third kappa shape index (κ3) is 6.34. The van der Waals surface area contributed by atoms with E-state index in [1.807, 2.05) is 68.4 Å². The molecule has 3 rings (SSSR count). The summed E-state index contributed by atoms with van der Waals surface area (Å²) in [5.74, 6) is 0.886. The van der Waals surface area contributed by atoms with Gasteiger partial charge in [-0.15, -0.1) is 0 Å². The first-order chi connectivity index (χ1) is 15.3. The number of carbonyl (C=O) groups is 1. The van der Waals surface area contributed by atoms with E-state index in [1.165, 1.54) is 0 Å². The number of carbonyl (C=O) groups excluding carboxylic acids is 1. The Labute approximate surface area is 189 Å². The third-order valence-electron chi connectivity index (χ3n) is 5.01. The molecular formula is C25H28N2O4S. The normalized spacial score (nSPS) is 12.1. The van der Waals surface area contributed by atoms with Crippen LogP contribution in [0.2, 0.25) is 0 Å². The lowest BCUT2D eigenvalue weighted by molar-refractivity contribution is -0.120. The van der Waals surface area contributed by atoms with Gasteiger partial charge in [-0.1, -0.05) is 55.0 Å². The molecule has 1 N–H and O–H groups in total. The lowest BCUT2D eigenvalue weighted by Crippen LogP contribution is -2.41. The Hall–Kier alpha value is -3.32. The average molecular weight is 453 g/mol. The SMILES string of the molecule is CC[C@H](NC(=O)CN(c1ccc(Oc2ccccc2)cc1)S(C)(=O)=O)c1ccc(C)cc1. The van der Waals surface area contributed by atoms with Crippen LogP contribution in [0.1, 0.15) is 30.5 Å². The zero-order valence-corrected chi connectivity index (χ0v) is 19.3. The first-order valence-electron chi connectivity index (χ1n) is 10.4. The van der Waals surface area contributed by atoms with Gasteiger partial charge in [0.25, 0.3) is 0 Å². The minimum absolute atomic E-state index is 0.189. The summed E-state index contributed by atoms with van der Waals surface area (Å²) in [5, 5.41) is 2.95. The molecule has 0 aromatic heterocycles. The number of ether oxygens (including phenoxy) is 1. The van der Waals surface area contributed by atoms with Gasteiger partial charge in [-0.3, -0.25) is 9.10 Å². The van der Waals surface area contributed by atoms with Crippen LogP contribution in [0.25, 0.3) is 0 Å². The molecule has 0 aliphatic heterocycles. The Morgan fingerprint density at radius 2 is 1.53 bits per heavy atom. The third-order valence-corrected chi connectivity index (χ3v) is 6.15. The number of nitrogens with zero attached hydrogens (tertiary/aromatic N) is 1. The van der Waals surface area contributed by atoms with Crippen molar-refractivity contribution in [1.82, 2.24) is 5.32 Å². The Morgan fingerprint density at radius 3 is 2.09 bits per heavy atom. The van der Waals surface area contributed by atoms with E-state index in [4.69, 9.17) is 4.74 Å². The van der Waals surface area contributed by atoms with Crippen molar-refractivity contribution in [2.24, 2.45) is 0 Å². The van der Waals surface area contributed by atoms with Crippen LogP contribution in [0.15, 0.2) is 78.9 Å². The van der Waals surface area contributed by atoms with Gasteiger partial charge >= 0.3 is 0 Å². The van der Waals surface area contributed by atoms with Gasteiger partial charge in [-0.05, 0) is 55.3 Å². The van der Waals surface area contributed by atoms with Crippen LogP contribution in [0.5, 0.6) is 11.5 Å². The van der Waals surface area contributed by atoms with Crippen LogP contribution in [0.3, 0.4) is 0 Å². The van der Waals surface area contributed by atoms with Crippen molar-refractivity contribution in [2.75, 3.05) is 17.1 Å². The molecule has 0 heterocycles. The number of hydrogen-bond donors (Lipinski definition) is 1. The predicted molar refractivity (Wildman–Crippen MR) is 128 cm³/mol. The number of hydrogen-bond acceptors (Lipinski definition) is 4. The summed E-state index contributed by atoms with van der Waals surface area (Å²) in [6, 6.07) is 23.7. The molecule has 0 saturated carbocycles. The van der Waals surface area contributed by atoms with E-state index < -0.39 is 10.0 Å². The van der Waals surface area contributed by atoms with Crippen LogP contribution in [-0.4, -0.2) is 27.1 Å². The molecule has 0 fully saturated rings. The second-order valence-electron chi connectivity index (χ2n) is 7.62. The summed E-state index contributed by atoms with van der Waals surface area (Å²) < 4.78 is 31.7. The molecular weight excluding hydrogens is 424 g/mol. The van der Waals surface area contributed by atoms with Gasteiger partial charge in [-0.2, -0.15) is 0 Å². The number of amides is 1. The predicted octanol–water partition coefficient (Wildman–Crippen LogP) is 4.82. The molecule has 0 unspecified atom stereocenters. The van der Waals surface area contributed by atoms with Crippen LogP contribution in [-0.2, 0) is 14.8 Å². The molecule has 1 atom stereocenters. The molecule has 32 heavy (non-hydrogen) atoms. The highest BCUT2D eigenvalue weighted by Gasteiger charge is 2.22. The van der Waals surface area contributed by atoms with E-state index in [0.717, 1.165) is 21.7 Å². The summed E-state index contributed by atoms with van der Waals surface area (Å²) in [7, 11) is -3.67. The fourth-order valence-corrected chi connectivity index (χ4v) is 4.15. The molecule has 0 bridgehead atoms. The largest absolute Gasteiger partial charge is 0.457 e. The van der Waals surface area contributed by atoms with E-state index in [1.54, 1.807) is 24.3 Å². The summed E-state index contributed by atoms with van der Waals surface area (Å²) in [6.07, 6.45) is 1.78. The molecule has 3 aromatic rings. The quantitative estimate of drug-likeness (QED) is 0.505. The number of rotatable bonds is 9. The molecule has 7 heteroatoms. The second-order valence-corrected chi connectivity index (χ2v) is 9.52. The van der Waals surface area contributed by atoms with E-state index in [0.29, 0.717) is 23.6 Å². The number of anilines is 1. The van der Waals surface area contributed by atoms with Gasteiger partial charge in [0.1, 0.15) is 18.0 Å². The Kier molecular flexibility index (Phi) is 7.53. The maximum atomic E-state index is 12.7. The van der Waals surface area contributed by atoms with Crippen molar-refractivity contribution in [1.29, 1.82) is 0 Å². The zero-order chi connectivity index (χ0) is 23.1. The van der Waals surface area contributed by atoms with Gasteiger partial charge in [0.15, 0.2) is 0 Å². The van der Waals surface area contributed by atoms with Gasteiger partial charge < -0.3 is 10.1 Å². The fourth-order valence-electron chi connectivity index (χ4n) is 3.30. The smallest absolute Gasteiger partial charge is 0.241 e. The second kappa shape index (κ2) is 10.3. The Bertz CT molecular complexity index is 1130. The highest BCUT2D eigenvalue weighted by molar-refractivity contribution is 7.92. The lowest BCUT2D eigenvalue weighted by Gasteiger charge is -2.24. The molecule has 3 aromatic carbocycles. The molecule has 168 valence electrons. The molecule has 0 radical (unpaired) electrons. The monoisotopic (exact) mass is 452 g/mol. The highest BCUT2D eigenvalue weighted by atomic mass is 32.2. The van der Waals surface area contributed by atoms with Gasteiger partial charge in [0.2, 0.25) is 15.9 Å². The first-order valence-corrected chi connectivity index (χ1v) is 12.3. The first kappa shape index (κ1) is 23.3. The van der Waals surface area contributed by atoms with Crippen molar-refractivity contribution in [3.05, 3.63) is 90.0 Å². The standard InChI is InChI=1S/C25H28N2O4S/c1-4-24(20-12-10-19(2)11-13-20)26-25(28)18-27(32(3,29)30)21-14-16-23(17-15-21)31-22-8-6-5-7-9-22/h5-17,24H,4,18H2,1-3H3,(H,26,28)/t24-/m0/s1. The maximum absolute atomic E-state index is 12.7. The van der Waals surface area contributed by atoms with Crippen molar-refractivity contribution >= 4 is 21.6 Å². The molecule has 0 spiro atoms. The molecule has 0 aliphatic rings. The number of sulfonamides is 1. The number of benzene rings is 3. The van der Waals surface area contributed by atoms with Crippen LogP contribution in [0, 0.1) is 6.92 Å². The van der Waals surface area contributed by atoms with Gasteiger partial charge in [0, 0.05) is 0 Å². The Morgan fingerprint density at radius 1 is 0.938 bits per heavy atom. The molecule has 0 aliphatic carbocycles. The van der Waals surface area contributed by atoms with E-state index in [9.17, 15) is 13.2 Å². The maximum Gasteiger partial charge on any atom is 0.241 e. The van der Waals surface area contributed by atoms with Gasteiger partial charge in [0.05, 0.1) is 18.0 Å². The van der Waals surface area contributed by atoms with Gasteiger partial charge in [-0.25, -0.2) is 8.42 Å².